The molecule has 0 unspecified atom stereocenters. The highest BCUT2D eigenvalue weighted by atomic mass is 79.9. The first-order chi connectivity index (χ1) is 9.79. The summed E-state index contributed by atoms with van der Waals surface area (Å²) < 4.78 is 40.5. The number of benzene rings is 2. The molecular weight excluding hydrogens is 351 g/mol. The Hall–Kier alpha value is -2.22. The molecule has 1 amide bonds. The topological polar surface area (TPSA) is 81.1 Å². The minimum Gasteiger partial charge on any atom is -0.398 e. The molecule has 0 saturated heterocycles. The Morgan fingerprint density at radius 1 is 1.00 bits per heavy atom. The fourth-order valence-electron chi connectivity index (χ4n) is 1.66. The Morgan fingerprint density at radius 2 is 1.57 bits per heavy atom. The molecule has 0 atom stereocenters. The number of carbonyl (C=O) groups is 1. The van der Waals surface area contributed by atoms with Crippen molar-refractivity contribution in [3.05, 3.63) is 51.8 Å². The van der Waals surface area contributed by atoms with E-state index in [0.29, 0.717) is 6.07 Å². The summed E-state index contributed by atoms with van der Waals surface area (Å²) in [5, 5.41) is 2.42. The lowest BCUT2D eigenvalue weighted by molar-refractivity contribution is 0.100. The number of primary amides is 1. The minimum absolute atomic E-state index is 0.00243. The second-order valence-electron chi connectivity index (χ2n) is 4.15. The Morgan fingerprint density at radius 3 is 2.19 bits per heavy atom. The molecule has 5 N–H and O–H groups in total. The summed E-state index contributed by atoms with van der Waals surface area (Å²) in [5.41, 5.74) is 9.92. The number of anilines is 3. The zero-order valence-corrected chi connectivity index (χ0v) is 12.0. The number of nitrogens with one attached hydrogen (secondary N) is 1. The second-order valence-corrected chi connectivity index (χ2v) is 5.01. The van der Waals surface area contributed by atoms with E-state index in [1.165, 1.54) is 0 Å². The summed E-state index contributed by atoms with van der Waals surface area (Å²) in [6.45, 7) is 0. The van der Waals surface area contributed by atoms with Crippen molar-refractivity contribution in [2.45, 2.75) is 0 Å². The Bertz CT molecular complexity index is 737. The van der Waals surface area contributed by atoms with E-state index >= 15 is 0 Å². The predicted molar refractivity (Wildman–Crippen MR) is 76.7 cm³/mol. The van der Waals surface area contributed by atoms with Crippen LogP contribution in [-0.4, -0.2) is 5.91 Å². The zero-order chi connectivity index (χ0) is 15.7. The van der Waals surface area contributed by atoms with Crippen LogP contribution in [-0.2, 0) is 0 Å². The van der Waals surface area contributed by atoms with Gasteiger partial charge < -0.3 is 16.8 Å². The van der Waals surface area contributed by atoms with Gasteiger partial charge in [-0.15, -0.1) is 0 Å². The first-order valence-corrected chi connectivity index (χ1v) is 6.39. The van der Waals surface area contributed by atoms with Crippen LogP contribution >= 0.6 is 15.9 Å². The van der Waals surface area contributed by atoms with E-state index in [-0.39, 0.29) is 27.1 Å². The molecule has 0 radical (unpaired) electrons. The lowest BCUT2D eigenvalue weighted by Gasteiger charge is -2.12. The van der Waals surface area contributed by atoms with E-state index in [1.807, 2.05) is 0 Å². The molecule has 0 fully saturated rings. The van der Waals surface area contributed by atoms with Gasteiger partial charge in [0.05, 0.1) is 21.4 Å². The molecule has 0 aromatic heterocycles. The van der Waals surface area contributed by atoms with Crippen LogP contribution in [0.3, 0.4) is 0 Å². The number of nitrogen functional groups attached to an aromatic ring is 1. The summed E-state index contributed by atoms with van der Waals surface area (Å²) >= 11 is 2.89. The summed E-state index contributed by atoms with van der Waals surface area (Å²) in [6.07, 6.45) is 0. The van der Waals surface area contributed by atoms with Gasteiger partial charge in [-0.1, -0.05) is 0 Å². The quantitative estimate of drug-likeness (QED) is 0.580. The predicted octanol–water partition coefficient (Wildman–Crippen LogP) is 3.29. The molecule has 0 spiro atoms. The summed E-state index contributed by atoms with van der Waals surface area (Å²) in [5.74, 6) is -3.38. The van der Waals surface area contributed by atoms with Gasteiger partial charge in [-0.05, 0) is 34.1 Å². The third-order valence-electron chi connectivity index (χ3n) is 2.68. The fourth-order valence-corrected chi connectivity index (χ4v) is 2.00. The van der Waals surface area contributed by atoms with Gasteiger partial charge in [0.2, 0.25) is 0 Å². The third kappa shape index (κ3) is 3.10. The monoisotopic (exact) mass is 359 g/mol. The zero-order valence-electron chi connectivity index (χ0n) is 10.4. The second kappa shape index (κ2) is 5.65. The molecule has 0 bridgehead atoms. The van der Waals surface area contributed by atoms with Crippen LogP contribution in [0.25, 0.3) is 0 Å². The molecule has 2 rings (SSSR count). The van der Waals surface area contributed by atoms with Crippen LogP contribution < -0.4 is 16.8 Å². The number of halogens is 4. The number of rotatable bonds is 3. The van der Waals surface area contributed by atoms with Gasteiger partial charge in [-0.25, -0.2) is 13.2 Å². The Labute approximate surface area is 126 Å². The van der Waals surface area contributed by atoms with Crippen LogP contribution in [0.2, 0.25) is 0 Å². The molecule has 0 saturated carbocycles. The summed E-state index contributed by atoms with van der Waals surface area (Å²) in [7, 11) is 0. The lowest BCUT2D eigenvalue weighted by atomic mass is 10.1. The van der Waals surface area contributed by atoms with Crippen LogP contribution in [0, 0.1) is 17.5 Å². The van der Waals surface area contributed by atoms with Crippen LogP contribution in [0.5, 0.6) is 0 Å². The fraction of sp³-hybridized carbons (Fsp3) is 0. The molecule has 8 heteroatoms. The molecule has 0 aliphatic rings. The molecule has 2 aromatic carbocycles. The van der Waals surface area contributed by atoms with Crippen molar-refractivity contribution in [1.82, 2.24) is 0 Å². The van der Waals surface area contributed by atoms with Gasteiger partial charge in [0.15, 0.2) is 0 Å². The van der Waals surface area contributed by atoms with Crippen molar-refractivity contribution in [3.63, 3.8) is 0 Å². The molecule has 21 heavy (non-hydrogen) atoms. The SMILES string of the molecule is NC(=O)c1cc(Nc2cc(Br)c(F)cc2F)c(F)cc1N. The van der Waals surface area contributed by atoms with E-state index in [4.69, 9.17) is 11.5 Å². The first kappa shape index (κ1) is 15.2. The van der Waals surface area contributed by atoms with Crippen molar-refractivity contribution < 1.29 is 18.0 Å². The average Bonchev–Trinajstić information content (AvgIpc) is 2.38. The van der Waals surface area contributed by atoms with E-state index in [0.717, 1.165) is 18.2 Å². The van der Waals surface area contributed by atoms with Gasteiger partial charge in [-0.2, -0.15) is 0 Å². The van der Waals surface area contributed by atoms with Crippen molar-refractivity contribution in [2.75, 3.05) is 11.1 Å². The van der Waals surface area contributed by atoms with Gasteiger partial charge in [0.25, 0.3) is 5.91 Å². The highest BCUT2D eigenvalue weighted by molar-refractivity contribution is 9.10. The van der Waals surface area contributed by atoms with E-state index in [9.17, 15) is 18.0 Å². The maximum absolute atomic E-state index is 13.8. The number of carbonyl (C=O) groups excluding carboxylic acids is 1. The molecule has 0 aliphatic heterocycles. The number of hydrogen-bond donors (Lipinski definition) is 3. The van der Waals surface area contributed by atoms with Crippen molar-refractivity contribution in [2.24, 2.45) is 5.73 Å². The van der Waals surface area contributed by atoms with Crippen molar-refractivity contribution in [1.29, 1.82) is 0 Å². The maximum atomic E-state index is 13.8. The average molecular weight is 360 g/mol. The standard InChI is InChI=1S/C13H9BrF3N3O/c14-6-2-12(8(16)3-7(6)15)20-11-1-5(13(19)21)10(18)4-9(11)17/h1-4,20H,18H2,(H2,19,21). The molecule has 2 aromatic rings. The number of amides is 1. The van der Waals surface area contributed by atoms with Gasteiger partial charge in [-0.3, -0.25) is 4.79 Å². The summed E-state index contributed by atoms with van der Waals surface area (Å²) in [6, 6.07) is 3.68. The largest absolute Gasteiger partial charge is 0.398 e. The number of nitrogens with two attached hydrogens (primary N) is 2. The van der Waals surface area contributed by atoms with Crippen LogP contribution in [0.4, 0.5) is 30.2 Å². The van der Waals surface area contributed by atoms with Crippen LogP contribution in [0.15, 0.2) is 28.7 Å². The number of hydrogen-bond acceptors (Lipinski definition) is 3. The maximum Gasteiger partial charge on any atom is 0.250 e. The van der Waals surface area contributed by atoms with E-state index in [2.05, 4.69) is 21.2 Å². The van der Waals surface area contributed by atoms with Crippen LogP contribution in [0.1, 0.15) is 10.4 Å². The van der Waals surface area contributed by atoms with Crippen molar-refractivity contribution in [3.8, 4) is 0 Å². The highest BCUT2D eigenvalue weighted by Gasteiger charge is 2.14. The third-order valence-corrected chi connectivity index (χ3v) is 3.29. The molecule has 0 heterocycles. The van der Waals surface area contributed by atoms with Gasteiger partial charge in [0, 0.05) is 11.8 Å². The summed E-state index contributed by atoms with van der Waals surface area (Å²) in [4.78, 5) is 11.2. The minimum atomic E-state index is -0.924. The molecule has 4 nitrogen and oxygen atoms in total. The molecule has 110 valence electrons. The Kier molecular flexibility index (Phi) is 4.08. The van der Waals surface area contributed by atoms with Gasteiger partial charge >= 0.3 is 0 Å². The smallest absolute Gasteiger partial charge is 0.250 e. The Balaban J connectivity index is 2.47. The normalized spacial score (nSPS) is 10.5. The van der Waals surface area contributed by atoms with Gasteiger partial charge in [0.1, 0.15) is 17.5 Å². The molecular formula is C13H9BrF3N3O. The van der Waals surface area contributed by atoms with E-state index < -0.39 is 23.4 Å². The first-order valence-electron chi connectivity index (χ1n) is 5.60. The van der Waals surface area contributed by atoms with Crippen molar-refractivity contribution >= 4 is 38.9 Å². The van der Waals surface area contributed by atoms with E-state index in [1.54, 1.807) is 0 Å². The lowest BCUT2D eigenvalue weighted by Crippen LogP contribution is -2.14. The highest BCUT2D eigenvalue weighted by Crippen LogP contribution is 2.29. The molecule has 0 aliphatic carbocycles.